The van der Waals surface area contributed by atoms with E-state index in [1.165, 1.54) is 19.2 Å². The van der Waals surface area contributed by atoms with Gasteiger partial charge in [-0.2, -0.15) is 12.7 Å². The molecule has 6 nitrogen and oxygen atoms in total. The van der Waals surface area contributed by atoms with Crippen molar-refractivity contribution in [3.63, 3.8) is 0 Å². The summed E-state index contributed by atoms with van der Waals surface area (Å²) >= 11 is 1.91. The Morgan fingerprint density at radius 3 is 2.38 bits per heavy atom. The molecule has 0 amide bonds. The first kappa shape index (κ1) is 23.7. The van der Waals surface area contributed by atoms with Crippen molar-refractivity contribution in [2.45, 2.75) is 13.3 Å². The summed E-state index contributed by atoms with van der Waals surface area (Å²) in [6.45, 7) is 3.35. The fraction of sp³-hybridized carbons (Fsp3) is 0.333. The summed E-state index contributed by atoms with van der Waals surface area (Å²) in [6.07, 6.45) is 0.910. The van der Waals surface area contributed by atoms with Gasteiger partial charge in [-0.3, -0.25) is 4.72 Å². The van der Waals surface area contributed by atoms with Crippen molar-refractivity contribution in [1.82, 2.24) is 9.62 Å². The molecule has 2 aromatic carbocycles. The van der Waals surface area contributed by atoms with Gasteiger partial charge < -0.3 is 10.6 Å². The number of hydrogen-bond acceptors (Lipinski definition) is 4. The predicted molar refractivity (Wildman–Crippen MR) is 117 cm³/mol. The van der Waals surface area contributed by atoms with Crippen molar-refractivity contribution in [1.29, 1.82) is 0 Å². The quantitative estimate of drug-likeness (QED) is 0.313. The number of benzene rings is 2. The highest BCUT2D eigenvalue weighted by Crippen LogP contribution is 2.32. The average molecular weight is 542 g/mol. The van der Waals surface area contributed by atoms with E-state index in [0.717, 1.165) is 29.4 Å². The zero-order valence-corrected chi connectivity index (χ0v) is 18.9. The highest BCUT2D eigenvalue weighted by Gasteiger charge is 2.22. The zero-order valence-electron chi connectivity index (χ0n) is 15.9. The Bertz CT molecular complexity index is 960. The monoisotopic (exact) mass is 542 g/mol. The second-order valence-electron chi connectivity index (χ2n) is 6.21. The van der Waals surface area contributed by atoms with Gasteiger partial charge in [-0.25, -0.2) is 13.2 Å². The number of hydrogen-bond donors (Lipinski definition) is 3. The molecule has 160 valence electrons. The third-order valence-electron chi connectivity index (χ3n) is 3.97. The van der Waals surface area contributed by atoms with Gasteiger partial charge >= 0.3 is 10.2 Å². The van der Waals surface area contributed by atoms with Crippen LogP contribution in [0.4, 0.5) is 30.2 Å². The summed E-state index contributed by atoms with van der Waals surface area (Å²) in [7, 11) is -2.68. The molecule has 11 heteroatoms. The molecule has 0 bridgehead atoms. The molecule has 0 aromatic heterocycles. The first-order chi connectivity index (χ1) is 13.7. The molecule has 0 saturated heterocycles. The molecule has 0 heterocycles. The van der Waals surface area contributed by atoms with Gasteiger partial charge in [-0.1, -0.05) is 6.92 Å². The summed E-state index contributed by atoms with van der Waals surface area (Å²) in [4.78, 5) is 0. The topological polar surface area (TPSA) is 73.5 Å². The van der Waals surface area contributed by atoms with Gasteiger partial charge in [0.05, 0.1) is 11.4 Å². The molecule has 0 atom stereocenters. The van der Waals surface area contributed by atoms with E-state index in [4.69, 9.17) is 0 Å². The summed E-state index contributed by atoms with van der Waals surface area (Å²) < 4.78 is 71.3. The van der Waals surface area contributed by atoms with Crippen molar-refractivity contribution in [2.75, 3.05) is 36.7 Å². The molecule has 3 N–H and O–H groups in total. The molecular formula is C18H22F3IN4O2S. The number of nitrogens with zero attached hydrogens (tertiary/aromatic N) is 1. The Balaban J connectivity index is 2.27. The van der Waals surface area contributed by atoms with E-state index in [1.54, 1.807) is 6.07 Å². The lowest BCUT2D eigenvalue weighted by atomic mass is 10.2. The van der Waals surface area contributed by atoms with Crippen molar-refractivity contribution >= 4 is 49.9 Å². The minimum atomic E-state index is -4.04. The summed E-state index contributed by atoms with van der Waals surface area (Å²) in [5.41, 5.74) is -0.867. The Morgan fingerprint density at radius 1 is 1.03 bits per heavy atom. The Kier molecular flexibility index (Phi) is 8.55. The van der Waals surface area contributed by atoms with Crippen LogP contribution in [0.5, 0.6) is 0 Å². The summed E-state index contributed by atoms with van der Waals surface area (Å²) in [6, 6.07) is 6.01. The lowest BCUT2D eigenvalue weighted by molar-refractivity contribution is 0.462. The van der Waals surface area contributed by atoms with Crippen LogP contribution in [0.15, 0.2) is 30.3 Å². The van der Waals surface area contributed by atoms with E-state index in [9.17, 15) is 21.6 Å². The van der Waals surface area contributed by atoms with Crippen LogP contribution in [-0.4, -0.2) is 39.4 Å². The van der Waals surface area contributed by atoms with Crippen LogP contribution in [-0.2, 0) is 10.2 Å². The van der Waals surface area contributed by atoms with Crippen molar-refractivity contribution in [3.8, 4) is 0 Å². The average Bonchev–Trinajstić information content (AvgIpc) is 2.66. The second-order valence-corrected chi connectivity index (χ2v) is 9.23. The molecule has 2 aromatic rings. The van der Waals surface area contributed by atoms with E-state index in [-0.39, 0.29) is 17.9 Å². The van der Waals surface area contributed by atoms with Gasteiger partial charge in [0.1, 0.15) is 11.5 Å². The third-order valence-corrected chi connectivity index (χ3v) is 6.12. The molecular weight excluding hydrogens is 520 g/mol. The van der Waals surface area contributed by atoms with Crippen LogP contribution < -0.4 is 15.4 Å². The minimum Gasteiger partial charge on any atom is -0.349 e. The van der Waals surface area contributed by atoms with Crippen LogP contribution in [0.25, 0.3) is 0 Å². The SMILES string of the molecule is CCCNCCN(C)S(=O)(=O)Nc1ccc(F)c(F)c1Nc1ccc(I)cc1F. The van der Waals surface area contributed by atoms with Gasteiger partial charge in [-0.05, 0) is 65.9 Å². The smallest absolute Gasteiger partial charge is 0.301 e. The molecule has 0 unspecified atom stereocenters. The normalized spacial score (nSPS) is 11.7. The molecule has 0 saturated carbocycles. The zero-order chi connectivity index (χ0) is 21.6. The number of rotatable bonds is 10. The van der Waals surface area contributed by atoms with Crippen LogP contribution in [0.1, 0.15) is 13.3 Å². The molecule has 0 radical (unpaired) electrons. The highest BCUT2D eigenvalue weighted by atomic mass is 127. The molecule has 0 aliphatic rings. The fourth-order valence-corrected chi connectivity index (χ4v) is 3.75. The van der Waals surface area contributed by atoms with Crippen molar-refractivity contribution in [2.24, 2.45) is 0 Å². The van der Waals surface area contributed by atoms with E-state index >= 15 is 0 Å². The third kappa shape index (κ3) is 6.46. The maximum atomic E-state index is 14.4. The lowest BCUT2D eigenvalue weighted by Gasteiger charge is -2.21. The number of anilines is 3. The maximum Gasteiger partial charge on any atom is 0.301 e. The molecule has 0 fully saturated rings. The summed E-state index contributed by atoms with van der Waals surface area (Å²) in [5.74, 6) is -3.21. The lowest BCUT2D eigenvalue weighted by Crippen LogP contribution is -2.37. The first-order valence-corrected chi connectivity index (χ1v) is 11.3. The van der Waals surface area contributed by atoms with E-state index < -0.39 is 33.3 Å². The van der Waals surface area contributed by atoms with E-state index in [1.807, 2.05) is 29.5 Å². The van der Waals surface area contributed by atoms with Crippen molar-refractivity contribution in [3.05, 3.63) is 51.4 Å². The Hall–Kier alpha value is -1.57. The summed E-state index contributed by atoms with van der Waals surface area (Å²) in [5, 5.41) is 5.52. The second kappa shape index (κ2) is 10.5. The largest absolute Gasteiger partial charge is 0.349 e. The van der Waals surface area contributed by atoms with Gasteiger partial charge in [0.15, 0.2) is 11.6 Å². The Labute approximate surface area is 182 Å². The molecule has 2 rings (SSSR count). The van der Waals surface area contributed by atoms with Crippen molar-refractivity contribution < 1.29 is 21.6 Å². The predicted octanol–water partition coefficient (Wildman–Crippen LogP) is 4.04. The highest BCUT2D eigenvalue weighted by molar-refractivity contribution is 14.1. The van der Waals surface area contributed by atoms with E-state index in [0.29, 0.717) is 10.1 Å². The molecule has 0 aliphatic carbocycles. The van der Waals surface area contributed by atoms with Gasteiger partial charge in [0.2, 0.25) is 0 Å². The van der Waals surface area contributed by atoms with E-state index in [2.05, 4.69) is 15.4 Å². The molecule has 0 aliphatic heterocycles. The molecule has 0 spiro atoms. The first-order valence-electron chi connectivity index (χ1n) is 8.80. The van der Waals surface area contributed by atoms with Crippen LogP contribution >= 0.6 is 22.6 Å². The molecule has 29 heavy (non-hydrogen) atoms. The number of nitrogens with one attached hydrogen (secondary N) is 3. The van der Waals surface area contributed by atoms with Crippen LogP contribution in [0, 0.1) is 21.0 Å². The maximum absolute atomic E-state index is 14.4. The van der Waals surface area contributed by atoms with Gasteiger partial charge in [0, 0.05) is 23.7 Å². The van der Waals surface area contributed by atoms with Crippen LogP contribution in [0.2, 0.25) is 0 Å². The van der Waals surface area contributed by atoms with Crippen LogP contribution in [0.3, 0.4) is 0 Å². The van der Waals surface area contributed by atoms with Gasteiger partial charge in [-0.15, -0.1) is 0 Å². The minimum absolute atomic E-state index is 0.118. The van der Waals surface area contributed by atoms with Gasteiger partial charge in [0.25, 0.3) is 0 Å². The Morgan fingerprint density at radius 2 is 1.72 bits per heavy atom. The fourth-order valence-electron chi connectivity index (χ4n) is 2.36. The number of likely N-dealkylation sites (N-methyl/N-ethyl adjacent to an activating group) is 1. The standard InChI is InChI=1S/C18H22F3IN4O2S/c1-3-8-23-9-10-26(2)29(27,28)25-16-7-5-13(19)17(21)18(16)24-15-6-4-12(22)11-14(15)20/h4-7,11,23-25H,3,8-10H2,1-2H3. The number of halogens is 4.